The number of nitrogens with zero attached hydrogens (tertiary/aromatic N) is 3. The monoisotopic (exact) mass is 868 g/mol. The van der Waals surface area contributed by atoms with Crippen LogP contribution in [0.25, 0.3) is 11.1 Å². The molecule has 3 N–H and O–H groups in total. The number of carbonyl (C=O) groups excluding carboxylic acids is 3. The number of ether oxygens (including phenoxy) is 3. The van der Waals surface area contributed by atoms with Gasteiger partial charge in [0, 0.05) is 35.8 Å². The van der Waals surface area contributed by atoms with Crippen LogP contribution in [-0.2, 0) is 20.6 Å². The van der Waals surface area contributed by atoms with Crippen molar-refractivity contribution in [1.29, 1.82) is 0 Å². The van der Waals surface area contributed by atoms with E-state index in [4.69, 9.17) is 24.3 Å². The summed E-state index contributed by atoms with van der Waals surface area (Å²) in [6, 6.07) is 8.30. The Labute approximate surface area is 372 Å². The van der Waals surface area contributed by atoms with E-state index in [1.165, 1.54) is 19.3 Å². The normalized spacial score (nSPS) is 25.8. The van der Waals surface area contributed by atoms with Gasteiger partial charge in [-0.05, 0) is 179 Å². The van der Waals surface area contributed by atoms with Crippen molar-refractivity contribution in [3.05, 3.63) is 69.8 Å². The number of carboxylic acid groups (broad SMARTS) is 1. The molecule has 4 unspecified atom stereocenters. The van der Waals surface area contributed by atoms with Crippen LogP contribution in [0.1, 0.15) is 189 Å². The molecule has 8 rings (SSSR count). The van der Waals surface area contributed by atoms with Crippen molar-refractivity contribution in [2.75, 3.05) is 13.1 Å². The van der Waals surface area contributed by atoms with Gasteiger partial charge in [-0.1, -0.05) is 26.0 Å². The first kappa shape index (κ1) is 46.2. The lowest BCUT2D eigenvalue weighted by molar-refractivity contribution is -0.156. The van der Waals surface area contributed by atoms with E-state index in [0.717, 1.165) is 52.2 Å². The van der Waals surface area contributed by atoms with Crippen molar-refractivity contribution < 1.29 is 38.5 Å². The molecule has 5 aliphatic rings. The maximum atomic E-state index is 13.7. The third kappa shape index (κ3) is 9.83. The minimum Gasteiger partial charge on any atom is -0.478 e. The number of hydrogen-bond acceptors (Lipinski definition) is 10. The third-order valence-electron chi connectivity index (χ3n) is 13.3. The molecular formula is C50H69N5O8. The van der Waals surface area contributed by atoms with E-state index in [-0.39, 0.29) is 40.0 Å². The molecule has 13 nitrogen and oxygen atoms in total. The molecule has 4 aliphatic carbocycles. The van der Waals surface area contributed by atoms with Crippen LogP contribution >= 0.6 is 0 Å². The summed E-state index contributed by atoms with van der Waals surface area (Å²) < 4.78 is 17.3. The van der Waals surface area contributed by atoms with Gasteiger partial charge in [-0.25, -0.2) is 29.1 Å². The number of pyridine rings is 1. The van der Waals surface area contributed by atoms with Gasteiger partial charge in [0.15, 0.2) is 0 Å². The van der Waals surface area contributed by atoms with Crippen LogP contribution in [0.5, 0.6) is 0 Å². The first-order chi connectivity index (χ1) is 29.2. The van der Waals surface area contributed by atoms with Gasteiger partial charge < -0.3 is 24.6 Å². The molecule has 1 aliphatic heterocycles. The third-order valence-corrected chi connectivity index (χ3v) is 13.3. The number of aryl methyl sites for hydroxylation is 1. The van der Waals surface area contributed by atoms with Crippen molar-refractivity contribution in [3.63, 3.8) is 0 Å². The predicted octanol–water partition coefficient (Wildman–Crippen LogP) is 10.7. The first-order valence-corrected chi connectivity index (χ1v) is 22.8. The Balaban J connectivity index is 1.37. The minimum atomic E-state index is -1.04. The SMILES string of the molecule is Cc1[nH]nc(C(CCCN(C(=O)OC(C)(C)C)C(=O)OC(C)(C)C)C23CC4CC(C)(CC(C)(C4)C2)C3)c1-c1ccc(C(=O)OC(C)(C)C)nc1C1NCCc2cccc(C(=O)O)c21. The Morgan fingerprint density at radius 2 is 1.48 bits per heavy atom. The lowest BCUT2D eigenvalue weighted by Gasteiger charge is -2.67. The summed E-state index contributed by atoms with van der Waals surface area (Å²) in [4.78, 5) is 60.1. The van der Waals surface area contributed by atoms with Crippen molar-refractivity contribution in [3.8, 4) is 11.1 Å². The summed E-state index contributed by atoms with van der Waals surface area (Å²) in [5.74, 6) is -1.14. The second-order valence-corrected chi connectivity index (χ2v) is 22.9. The number of imide groups is 1. The summed E-state index contributed by atoms with van der Waals surface area (Å²) in [5.41, 5.74) is 3.44. The average Bonchev–Trinajstić information content (AvgIpc) is 3.50. The van der Waals surface area contributed by atoms with Crippen LogP contribution in [0, 0.1) is 29.1 Å². The summed E-state index contributed by atoms with van der Waals surface area (Å²) in [5, 5.41) is 22.6. The van der Waals surface area contributed by atoms with Gasteiger partial charge in [-0.3, -0.25) is 5.10 Å². The van der Waals surface area contributed by atoms with E-state index in [2.05, 4.69) is 24.3 Å². The average molecular weight is 868 g/mol. The molecule has 3 heterocycles. The smallest absolute Gasteiger partial charge is 0.419 e. The predicted molar refractivity (Wildman–Crippen MR) is 240 cm³/mol. The molecule has 4 atom stereocenters. The fraction of sp³-hybridized carbons (Fsp3) is 0.640. The molecule has 342 valence electrons. The van der Waals surface area contributed by atoms with Gasteiger partial charge in [-0.2, -0.15) is 5.10 Å². The fourth-order valence-electron chi connectivity index (χ4n) is 12.4. The topological polar surface area (TPSA) is 173 Å². The summed E-state index contributed by atoms with van der Waals surface area (Å²) in [6.07, 6.45) is 6.93. The number of fused-ring (bicyclic) bond motifs is 1. The molecule has 2 aromatic heterocycles. The molecule has 63 heavy (non-hydrogen) atoms. The molecule has 2 amide bonds. The van der Waals surface area contributed by atoms with Crippen LogP contribution in [0.2, 0.25) is 0 Å². The van der Waals surface area contributed by atoms with Gasteiger partial charge in [-0.15, -0.1) is 0 Å². The molecule has 4 fully saturated rings. The van der Waals surface area contributed by atoms with E-state index in [9.17, 15) is 24.3 Å². The number of nitrogens with one attached hydrogen (secondary N) is 2. The number of aromatic carboxylic acids is 1. The lowest BCUT2D eigenvalue weighted by atomic mass is 9.38. The Morgan fingerprint density at radius 1 is 0.857 bits per heavy atom. The van der Waals surface area contributed by atoms with Gasteiger partial charge in [0.1, 0.15) is 22.5 Å². The maximum Gasteiger partial charge on any atom is 0.419 e. The second-order valence-electron chi connectivity index (χ2n) is 22.9. The highest BCUT2D eigenvalue weighted by Gasteiger charge is 2.62. The maximum absolute atomic E-state index is 13.7. The fourth-order valence-corrected chi connectivity index (χ4v) is 12.4. The zero-order chi connectivity index (χ0) is 46.1. The molecule has 4 bridgehead atoms. The minimum absolute atomic E-state index is 0.0885. The summed E-state index contributed by atoms with van der Waals surface area (Å²) >= 11 is 0. The zero-order valence-electron chi connectivity index (χ0n) is 39.5. The standard InChI is InChI=1S/C50H69N5O8/c1-29-36(32-18-19-35(42(58)61-45(2,3)4)52-38(32)40-37-31(20-21-51-40)15-13-16-33(37)41(56)57)39(54-53-29)34(50-25-30-23-48(11,27-50)26-49(12,24-30)28-50)17-14-22-55(43(59)62-46(5,6)7)44(60)63-47(8,9)10/h13,15-16,18-19,30,34,40,51H,14,17,20-28H2,1-12H3,(H,53,54)(H,56,57). The highest BCUT2D eigenvalue weighted by molar-refractivity contribution is 5.91. The van der Waals surface area contributed by atoms with Crippen LogP contribution < -0.4 is 5.32 Å². The zero-order valence-corrected chi connectivity index (χ0v) is 39.5. The van der Waals surface area contributed by atoms with Crippen molar-refractivity contribution in [2.45, 2.75) is 170 Å². The van der Waals surface area contributed by atoms with E-state index in [1.54, 1.807) is 59.7 Å². The summed E-state index contributed by atoms with van der Waals surface area (Å²) in [7, 11) is 0. The number of aromatic amines is 1. The van der Waals surface area contributed by atoms with E-state index in [0.29, 0.717) is 43.0 Å². The molecule has 0 saturated heterocycles. The molecule has 0 radical (unpaired) electrons. The van der Waals surface area contributed by atoms with Crippen LogP contribution in [0.4, 0.5) is 9.59 Å². The highest BCUT2D eigenvalue weighted by atomic mass is 16.6. The van der Waals surface area contributed by atoms with Crippen molar-refractivity contribution >= 4 is 24.1 Å². The van der Waals surface area contributed by atoms with Crippen LogP contribution in [0.3, 0.4) is 0 Å². The van der Waals surface area contributed by atoms with E-state index < -0.39 is 47.0 Å². The number of aromatic nitrogens is 3. The molecule has 1 aromatic carbocycles. The largest absolute Gasteiger partial charge is 0.478 e. The number of hydrogen-bond donors (Lipinski definition) is 3. The number of carbonyl (C=O) groups is 4. The number of carboxylic acids is 1. The first-order valence-electron chi connectivity index (χ1n) is 22.8. The number of benzene rings is 1. The second kappa shape index (κ2) is 16.3. The van der Waals surface area contributed by atoms with Gasteiger partial charge in [0.2, 0.25) is 0 Å². The van der Waals surface area contributed by atoms with Crippen molar-refractivity contribution in [2.24, 2.45) is 22.2 Å². The van der Waals surface area contributed by atoms with Gasteiger partial charge in [0.25, 0.3) is 0 Å². The number of amides is 2. The Morgan fingerprint density at radius 3 is 2.05 bits per heavy atom. The van der Waals surface area contributed by atoms with Crippen LogP contribution in [-0.4, -0.2) is 79.2 Å². The van der Waals surface area contributed by atoms with E-state index >= 15 is 0 Å². The Bertz CT molecular complexity index is 2230. The van der Waals surface area contributed by atoms with Gasteiger partial charge in [0.05, 0.1) is 23.0 Å². The van der Waals surface area contributed by atoms with E-state index in [1.807, 2.05) is 39.8 Å². The quantitative estimate of drug-likeness (QED) is 0.131. The lowest BCUT2D eigenvalue weighted by Crippen LogP contribution is -2.57. The molecule has 4 saturated carbocycles. The van der Waals surface area contributed by atoms with Crippen molar-refractivity contribution in [1.82, 2.24) is 25.4 Å². The Hall–Kier alpha value is -4.78. The van der Waals surface area contributed by atoms with Gasteiger partial charge >= 0.3 is 24.1 Å². The molecule has 0 spiro atoms. The Kier molecular flexibility index (Phi) is 12.0. The van der Waals surface area contributed by atoms with Crippen LogP contribution in [0.15, 0.2) is 30.3 Å². The highest BCUT2D eigenvalue weighted by Crippen LogP contribution is 2.73. The molecular weight excluding hydrogens is 799 g/mol. The summed E-state index contributed by atoms with van der Waals surface area (Å²) in [6.45, 7) is 23.6. The number of esters is 1. The number of H-pyrrole nitrogens is 1. The molecule has 13 heteroatoms. The number of rotatable bonds is 10. The molecule has 3 aromatic rings.